The summed E-state index contributed by atoms with van der Waals surface area (Å²) in [6.45, 7) is 0. The molecule has 0 radical (unpaired) electrons. The van der Waals surface area contributed by atoms with Crippen molar-refractivity contribution in [2.75, 3.05) is 0 Å². The minimum atomic E-state index is -0.269. The number of amides is 2. The zero-order chi connectivity index (χ0) is 18.5. The molecule has 0 aliphatic carbocycles. The molecule has 2 aliphatic heterocycles. The molecule has 0 atom stereocenters. The van der Waals surface area contributed by atoms with Gasteiger partial charge in [0.2, 0.25) is 0 Å². The largest absolute Gasteiger partial charge is 0.289 e. The molecule has 128 valence electrons. The van der Waals surface area contributed by atoms with Crippen molar-refractivity contribution in [1.82, 2.24) is 0 Å². The Bertz CT molecular complexity index is 766. The first-order valence-electron chi connectivity index (χ1n) is 7.75. The Morgan fingerprint density at radius 2 is 0.962 bits per heavy atom. The van der Waals surface area contributed by atoms with Crippen LogP contribution in [0, 0.1) is 0 Å². The van der Waals surface area contributed by atoms with Crippen LogP contribution in [0.25, 0.3) is 12.2 Å². The van der Waals surface area contributed by atoms with Gasteiger partial charge in [-0.05, 0) is 11.1 Å². The fourth-order valence-corrected chi connectivity index (χ4v) is 1.76. The van der Waals surface area contributed by atoms with E-state index in [0.29, 0.717) is 0 Å². The van der Waals surface area contributed by atoms with Crippen molar-refractivity contribution in [2.45, 2.75) is 0 Å². The van der Waals surface area contributed by atoms with E-state index in [0.717, 1.165) is 0 Å². The molecule has 2 aliphatic rings. The lowest BCUT2D eigenvalue weighted by atomic mass is 10.1. The summed E-state index contributed by atoms with van der Waals surface area (Å²) >= 11 is 0. The number of carbonyl (C=O) groups excluding carboxylic acids is 2. The van der Waals surface area contributed by atoms with Crippen molar-refractivity contribution in [1.29, 1.82) is 0 Å². The number of rotatable bonds is 2. The fourth-order valence-electron chi connectivity index (χ4n) is 1.76. The zero-order valence-corrected chi connectivity index (χ0v) is 13.8. The third kappa shape index (κ3) is 7.65. The minimum Gasteiger partial charge on any atom is -0.266 e. The van der Waals surface area contributed by atoms with Gasteiger partial charge in [0.05, 0.1) is 12.4 Å². The van der Waals surface area contributed by atoms with E-state index in [1.165, 1.54) is 35.7 Å². The predicted octanol–water partition coefficient (Wildman–Crippen LogP) is 4.84. The van der Waals surface area contributed by atoms with Crippen molar-refractivity contribution in [3.63, 3.8) is 0 Å². The smallest absolute Gasteiger partial charge is 0.266 e. The fraction of sp³-hybridized carbons (Fsp3) is 0. The Kier molecular flexibility index (Phi) is 7.76. The van der Waals surface area contributed by atoms with Gasteiger partial charge >= 0.3 is 0 Å². The molecule has 0 spiro atoms. The molecule has 4 rings (SSSR count). The van der Waals surface area contributed by atoms with E-state index in [4.69, 9.17) is 0 Å². The monoisotopic (exact) mass is 344 g/mol. The van der Waals surface area contributed by atoms with Crippen LogP contribution >= 0.6 is 0 Å². The Morgan fingerprint density at radius 1 is 0.577 bits per heavy atom. The lowest BCUT2D eigenvalue weighted by Gasteiger charge is -1.92. The maximum absolute atomic E-state index is 9.90. The topological polar surface area (TPSA) is 83.6 Å². The Labute approximate surface area is 151 Å². The molecule has 2 heterocycles. The highest BCUT2D eigenvalue weighted by Gasteiger charge is 1.92. The summed E-state index contributed by atoms with van der Waals surface area (Å²) in [6, 6.07) is 20.6. The molecule has 0 saturated carbocycles. The molecule has 0 fully saturated rings. The molecule has 6 nitrogen and oxygen atoms in total. The summed E-state index contributed by atoms with van der Waals surface area (Å²) in [5, 5.41) is 12.7. The van der Waals surface area contributed by atoms with E-state index in [1.807, 2.05) is 36.4 Å². The molecule has 0 bridgehead atoms. The number of hydrogen-bond donors (Lipinski definition) is 0. The van der Waals surface area contributed by atoms with Gasteiger partial charge in [-0.3, -0.25) is 9.59 Å². The molecular formula is C20H16N4O2. The maximum Gasteiger partial charge on any atom is 0.289 e. The molecular weight excluding hydrogens is 328 g/mol. The SMILES string of the molecule is C(=Cc1ccccc1)c1ccccc1.O=C1C=CN=N1.O=C1C=CN=N1. The number of benzene rings is 2. The van der Waals surface area contributed by atoms with Crippen molar-refractivity contribution in [3.05, 3.63) is 96.3 Å². The van der Waals surface area contributed by atoms with Crippen LogP contribution in [0.2, 0.25) is 0 Å². The van der Waals surface area contributed by atoms with Gasteiger partial charge in [-0.2, -0.15) is 10.2 Å². The van der Waals surface area contributed by atoms with Crippen LogP contribution in [0.5, 0.6) is 0 Å². The van der Waals surface area contributed by atoms with Gasteiger partial charge in [-0.1, -0.05) is 72.8 Å². The number of hydrogen-bond acceptors (Lipinski definition) is 4. The summed E-state index contributed by atoms with van der Waals surface area (Å²) in [4.78, 5) is 19.8. The van der Waals surface area contributed by atoms with Gasteiger partial charge in [0.1, 0.15) is 0 Å². The third-order valence-corrected chi connectivity index (χ3v) is 2.95. The molecule has 0 unspecified atom stereocenters. The first kappa shape index (κ1) is 18.5. The first-order chi connectivity index (χ1) is 12.7. The molecule has 0 N–H and O–H groups in total. The lowest BCUT2D eigenvalue weighted by Crippen LogP contribution is -1.74. The van der Waals surface area contributed by atoms with Crippen molar-refractivity contribution in [3.8, 4) is 0 Å². The molecule has 2 aromatic carbocycles. The van der Waals surface area contributed by atoms with E-state index >= 15 is 0 Å². The van der Waals surface area contributed by atoms with E-state index < -0.39 is 0 Å². The van der Waals surface area contributed by atoms with Gasteiger partial charge in [-0.15, -0.1) is 10.2 Å². The van der Waals surface area contributed by atoms with E-state index in [1.54, 1.807) is 0 Å². The standard InChI is InChI=1S/C14H12.2C3H2N2O/c1-3-7-13(8-4-1)11-12-14-9-5-2-6-10-14;2*6-3-1-2-4-5-3/h1-12H;2*1-2H. The number of nitrogens with zero attached hydrogens (tertiary/aromatic N) is 4. The second-order valence-corrected chi connectivity index (χ2v) is 4.89. The minimum absolute atomic E-state index is 0.269. The average Bonchev–Trinajstić information content (AvgIpc) is 3.36. The molecule has 6 heteroatoms. The van der Waals surface area contributed by atoms with Crippen LogP contribution in [0.4, 0.5) is 0 Å². The van der Waals surface area contributed by atoms with E-state index in [-0.39, 0.29) is 11.8 Å². The molecule has 0 saturated heterocycles. The lowest BCUT2D eigenvalue weighted by molar-refractivity contribution is -0.114. The summed E-state index contributed by atoms with van der Waals surface area (Å²) < 4.78 is 0. The van der Waals surface area contributed by atoms with Gasteiger partial charge < -0.3 is 0 Å². The van der Waals surface area contributed by atoms with Crippen molar-refractivity contribution < 1.29 is 9.59 Å². The van der Waals surface area contributed by atoms with Crippen LogP contribution in [-0.4, -0.2) is 11.8 Å². The van der Waals surface area contributed by atoms with Crippen LogP contribution in [0.1, 0.15) is 11.1 Å². The molecule has 0 aromatic heterocycles. The van der Waals surface area contributed by atoms with Crippen molar-refractivity contribution >= 4 is 24.0 Å². The normalized spacial score (nSPS) is 13.5. The average molecular weight is 344 g/mol. The van der Waals surface area contributed by atoms with Crippen LogP contribution in [0.3, 0.4) is 0 Å². The quantitative estimate of drug-likeness (QED) is 0.730. The molecule has 2 amide bonds. The van der Waals surface area contributed by atoms with Gasteiger partial charge in [-0.25, -0.2) is 0 Å². The summed E-state index contributed by atoms with van der Waals surface area (Å²) in [5.74, 6) is -0.537. The zero-order valence-electron chi connectivity index (χ0n) is 13.8. The van der Waals surface area contributed by atoms with E-state index in [2.05, 4.69) is 56.9 Å². The highest BCUT2D eigenvalue weighted by Crippen LogP contribution is 2.06. The Hall–Kier alpha value is -3.80. The second kappa shape index (κ2) is 10.9. The summed E-state index contributed by atoms with van der Waals surface area (Å²) in [6.07, 6.45) is 9.58. The maximum atomic E-state index is 9.90. The predicted molar refractivity (Wildman–Crippen MR) is 99.8 cm³/mol. The van der Waals surface area contributed by atoms with Crippen LogP contribution in [0.15, 0.2) is 106 Å². The van der Waals surface area contributed by atoms with E-state index in [9.17, 15) is 9.59 Å². The number of azo groups is 2. The number of carbonyl (C=O) groups is 2. The van der Waals surface area contributed by atoms with Gasteiger partial charge in [0.25, 0.3) is 11.8 Å². The van der Waals surface area contributed by atoms with Gasteiger partial charge in [0.15, 0.2) is 0 Å². The highest BCUT2D eigenvalue weighted by atomic mass is 16.2. The first-order valence-corrected chi connectivity index (χ1v) is 7.75. The molecule has 26 heavy (non-hydrogen) atoms. The Balaban J connectivity index is 0.000000166. The Morgan fingerprint density at radius 3 is 1.19 bits per heavy atom. The van der Waals surface area contributed by atoms with Crippen molar-refractivity contribution in [2.24, 2.45) is 20.5 Å². The summed E-state index contributed by atoms with van der Waals surface area (Å²) in [7, 11) is 0. The third-order valence-electron chi connectivity index (χ3n) is 2.95. The summed E-state index contributed by atoms with van der Waals surface area (Å²) in [5.41, 5.74) is 2.47. The van der Waals surface area contributed by atoms with Gasteiger partial charge in [0, 0.05) is 12.2 Å². The highest BCUT2D eigenvalue weighted by molar-refractivity contribution is 5.89. The van der Waals surface area contributed by atoms with Crippen LogP contribution in [-0.2, 0) is 9.59 Å². The van der Waals surface area contributed by atoms with Crippen LogP contribution < -0.4 is 0 Å². The molecule has 2 aromatic rings. The second-order valence-electron chi connectivity index (χ2n) is 4.89.